The van der Waals surface area contributed by atoms with Crippen LogP contribution in [0.2, 0.25) is 5.02 Å². The fourth-order valence-corrected chi connectivity index (χ4v) is 3.49. The van der Waals surface area contributed by atoms with Crippen LogP contribution in [0.1, 0.15) is 21.5 Å². The molecule has 0 aromatic heterocycles. The van der Waals surface area contributed by atoms with Crippen molar-refractivity contribution in [2.24, 2.45) is 0 Å². The zero-order valence-corrected chi connectivity index (χ0v) is 15.9. The molecule has 0 aliphatic carbocycles. The lowest BCUT2D eigenvalue weighted by atomic mass is 10.1. The maximum absolute atomic E-state index is 12.3. The standard InChI is InChI=1S/C19H21ClN2O2S/c1-21-19(24)15-9-7-14(8-10-15)11-22(2)18(23)13-25-12-16-5-3-4-6-17(16)20/h3-10H,11-13H2,1-2H3,(H,21,24). The average Bonchev–Trinajstić information content (AvgIpc) is 2.63. The van der Waals surface area contributed by atoms with Crippen molar-refractivity contribution >= 4 is 35.2 Å². The number of carbonyl (C=O) groups excluding carboxylic acids is 2. The van der Waals surface area contributed by atoms with Crippen molar-refractivity contribution in [2.45, 2.75) is 12.3 Å². The van der Waals surface area contributed by atoms with Crippen LogP contribution in [-0.2, 0) is 17.1 Å². The fourth-order valence-electron chi connectivity index (χ4n) is 2.24. The minimum atomic E-state index is -0.119. The topological polar surface area (TPSA) is 49.4 Å². The Morgan fingerprint density at radius 1 is 1.12 bits per heavy atom. The van der Waals surface area contributed by atoms with Gasteiger partial charge in [0.15, 0.2) is 0 Å². The van der Waals surface area contributed by atoms with Crippen molar-refractivity contribution in [2.75, 3.05) is 19.8 Å². The van der Waals surface area contributed by atoms with Crippen molar-refractivity contribution in [3.63, 3.8) is 0 Å². The summed E-state index contributed by atoms with van der Waals surface area (Å²) >= 11 is 7.67. The molecule has 4 nitrogen and oxygen atoms in total. The molecule has 0 atom stereocenters. The van der Waals surface area contributed by atoms with Gasteiger partial charge < -0.3 is 10.2 Å². The predicted molar refractivity (Wildman–Crippen MR) is 104 cm³/mol. The Hall–Kier alpha value is -1.98. The van der Waals surface area contributed by atoms with E-state index in [4.69, 9.17) is 11.6 Å². The van der Waals surface area contributed by atoms with Crippen LogP contribution in [0.4, 0.5) is 0 Å². The second-order valence-electron chi connectivity index (χ2n) is 5.61. The largest absolute Gasteiger partial charge is 0.355 e. The Kier molecular flexibility index (Phi) is 7.34. The molecule has 0 radical (unpaired) electrons. The van der Waals surface area contributed by atoms with Gasteiger partial charge in [0.05, 0.1) is 5.75 Å². The molecule has 132 valence electrons. The van der Waals surface area contributed by atoms with Crippen molar-refractivity contribution in [1.82, 2.24) is 10.2 Å². The van der Waals surface area contributed by atoms with Crippen molar-refractivity contribution in [1.29, 1.82) is 0 Å². The van der Waals surface area contributed by atoms with E-state index < -0.39 is 0 Å². The second kappa shape index (κ2) is 9.49. The summed E-state index contributed by atoms with van der Waals surface area (Å²) in [5, 5.41) is 3.31. The number of hydrogen-bond donors (Lipinski definition) is 1. The zero-order valence-electron chi connectivity index (χ0n) is 14.3. The first-order valence-corrected chi connectivity index (χ1v) is 9.40. The van der Waals surface area contributed by atoms with Crippen LogP contribution >= 0.6 is 23.4 Å². The van der Waals surface area contributed by atoms with Gasteiger partial charge in [-0.3, -0.25) is 9.59 Å². The van der Waals surface area contributed by atoms with E-state index in [-0.39, 0.29) is 11.8 Å². The smallest absolute Gasteiger partial charge is 0.251 e. The first-order valence-electron chi connectivity index (χ1n) is 7.87. The lowest BCUT2D eigenvalue weighted by Gasteiger charge is -2.17. The summed E-state index contributed by atoms with van der Waals surface area (Å²) in [6.45, 7) is 0.513. The summed E-state index contributed by atoms with van der Waals surface area (Å²) in [5.41, 5.74) is 2.63. The highest BCUT2D eigenvalue weighted by molar-refractivity contribution is 7.99. The number of benzene rings is 2. The summed E-state index contributed by atoms with van der Waals surface area (Å²) in [6.07, 6.45) is 0. The van der Waals surface area contributed by atoms with Crippen molar-refractivity contribution in [3.8, 4) is 0 Å². The minimum absolute atomic E-state index is 0.0624. The first-order chi connectivity index (χ1) is 12.0. The van der Waals surface area contributed by atoms with Gasteiger partial charge in [-0.1, -0.05) is 41.9 Å². The number of nitrogens with one attached hydrogen (secondary N) is 1. The summed E-state index contributed by atoms with van der Waals surface area (Å²) in [6, 6.07) is 14.9. The molecule has 0 fully saturated rings. The number of thioether (sulfide) groups is 1. The lowest BCUT2D eigenvalue weighted by Crippen LogP contribution is -2.27. The second-order valence-corrected chi connectivity index (χ2v) is 7.00. The number of amides is 2. The third kappa shape index (κ3) is 5.80. The Bertz CT molecular complexity index is 734. The van der Waals surface area contributed by atoms with E-state index in [0.717, 1.165) is 16.1 Å². The highest BCUT2D eigenvalue weighted by Gasteiger charge is 2.11. The predicted octanol–water partition coefficient (Wildman–Crippen LogP) is 3.59. The molecule has 2 rings (SSSR count). The van der Waals surface area contributed by atoms with Gasteiger partial charge in [0, 0.05) is 37.0 Å². The Morgan fingerprint density at radius 3 is 2.44 bits per heavy atom. The monoisotopic (exact) mass is 376 g/mol. The zero-order chi connectivity index (χ0) is 18.2. The number of carbonyl (C=O) groups is 2. The molecule has 0 spiro atoms. The third-order valence-corrected chi connectivity index (χ3v) is 5.06. The molecule has 0 aliphatic heterocycles. The van der Waals surface area contributed by atoms with Gasteiger partial charge in [0.2, 0.25) is 5.91 Å². The molecule has 0 bridgehead atoms. The van der Waals surface area contributed by atoms with Crippen LogP contribution in [0.5, 0.6) is 0 Å². The van der Waals surface area contributed by atoms with Gasteiger partial charge >= 0.3 is 0 Å². The van der Waals surface area contributed by atoms with Crippen LogP contribution in [0.25, 0.3) is 0 Å². The van der Waals surface area contributed by atoms with Gasteiger partial charge in [-0.2, -0.15) is 0 Å². The molecule has 2 aromatic rings. The Balaban J connectivity index is 1.81. The lowest BCUT2D eigenvalue weighted by molar-refractivity contribution is -0.127. The molecule has 25 heavy (non-hydrogen) atoms. The molecule has 0 heterocycles. The van der Waals surface area contributed by atoms with E-state index in [2.05, 4.69) is 5.32 Å². The van der Waals surface area contributed by atoms with Crippen molar-refractivity contribution < 1.29 is 9.59 Å². The number of nitrogens with zero attached hydrogens (tertiary/aromatic N) is 1. The molecule has 0 unspecified atom stereocenters. The van der Waals surface area contributed by atoms with Crippen LogP contribution in [0, 0.1) is 0 Å². The molecule has 0 saturated carbocycles. The van der Waals surface area contributed by atoms with Gasteiger partial charge in [-0.25, -0.2) is 0 Å². The fraction of sp³-hybridized carbons (Fsp3) is 0.263. The number of hydrogen-bond acceptors (Lipinski definition) is 3. The highest BCUT2D eigenvalue weighted by atomic mass is 35.5. The summed E-state index contributed by atoms with van der Waals surface area (Å²) in [4.78, 5) is 25.5. The molecule has 2 aromatic carbocycles. The van der Waals surface area contributed by atoms with E-state index in [0.29, 0.717) is 23.6 Å². The molecule has 0 aliphatic rings. The summed E-state index contributed by atoms with van der Waals surface area (Å²) in [5.74, 6) is 1.05. The van der Waals surface area contributed by atoms with Gasteiger partial charge in [0.25, 0.3) is 5.91 Å². The maximum Gasteiger partial charge on any atom is 0.251 e. The van der Waals surface area contributed by atoms with Gasteiger partial charge in [0.1, 0.15) is 0 Å². The van der Waals surface area contributed by atoms with Crippen LogP contribution in [0.15, 0.2) is 48.5 Å². The molecule has 6 heteroatoms. The van der Waals surface area contributed by atoms with E-state index in [1.165, 1.54) is 0 Å². The maximum atomic E-state index is 12.3. The first kappa shape index (κ1) is 19.3. The third-order valence-electron chi connectivity index (χ3n) is 3.73. The SMILES string of the molecule is CNC(=O)c1ccc(CN(C)C(=O)CSCc2ccccc2Cl)cc1. The van der Waals surface area contributed by atoms with E-state index >= 15 is 0 Å². The molecular formula is C19H21ClN2O2S. The molecule has 1 N–H and O–H groups in total. The Labute approximate surface area is 157 Å². The van der Waals surface area contributed by atoms with Crippen LogP contribution in [-0.4, -0.2) is 36.6 Å². The molecule has 0 saturated heterocycles. The molecule has 2 amide bonds. The number of rotatable bonds is 7. The van der Waals surface area contributed by atoms with Crippen LogP contribution in [0.3, 0.4) is 0 Å². The van der Waals surface area contributed by atoms with E-state index in [9.17, 15) is 9.59 Å². The normalized spacial score (nSPS) is 10.4. The van der Waals surface area contributed by atoms with Crippen molar-refractivity contribution in [3.05, 3.63) is 70.2 Å². The van der Waals surface area contributed by atoms with Crippen LogP contribution < -0.4 is 5.32 Å². The van der Waals surface area contributed by atoms with Gasteiger partial charge in [-0.05, 0) is 29.3 Å². The average molecular weight is 377 g/mol. The Morgan fingerprint density at radius 2 is 1.80 bits per heavy atom. The quantitative estimate of drug-likeness (QED) is 0.803. The summed E-state index contributed by atoms with van der Waals surface area (Å²) < 4.78 is 0. The van der Waals surface area contributed by atoms with E-state index in [1.54, 1.807) is 42.9 Å². The number of halogens is 1. The van der Waals surface area contributed by atoms with Gasteiger partial charge in [-0.15, -0.1) is 11.8 Å². The highest BCUT2D eigenvalue weighted by Crippen LogP contribution is 2.21. The minimum Gasteiger partial charge on any atom is -0.355 e. The summed E-state index contributed by atoms with van der Waals surface area (Å²) in [7, 11) is 3.38. The van der Waals surface area contributed by atoms with E-state index in [1.807, 2.05) is 36.4 Å². The molecular weight excluding hydrogens is 356 g/mol.